The van der Waals surface area contributed by atoms with Gasteiger partial charge in [0.1, 0.15) is 6.33 Å². The molecule has 3 N–H and O–H groups in total. The minimum Gasteiger partial charge on any atom is -0.382 e. The molecule has 2 aromatic heterocycles. The number of anilines is 1. The van der Waals surface area contributed by atoms with Crippen LogP contribution >= 0.6 is 0 Å². The van der Waals surface area contributed by atoms with Crippen LogP contribution in [0, 0.1) is 11.3 Å². The Kier molecular flexibility index (Phi) is 4.74. The van der Waals surface area contributed by atoms with Gasteiger partial charge in [0, 0.05) is 36.1 Å². The summed E-state index contributed by atoms with van der Waals surface area (Å²) in [6.45, 7) is 0.745. The van der Waals surface area contributed by atoms with Crippen molar-refractivity contribution >= 4 is 5.69 Å². The molecule has 33 heavy (non-hydrogen) atoms. The van der Waals surface area contributed by atoms with E-state index in [0.29, 0.717) is 17.6 Å². The van der Waals surface area contributed by atoms with Gasteiger partial charge in [0.2, 0.25) is 0 Å². The first-order valence-electron chi connectivity index (χ1n) is 11.4. The van der Waals surface area contributed by atoms with Crippen LogP contribution in [0.4, 0.5) is 5.69 Å². The molecular weight excluding hydrogens is 410 g/mol. The van der Waals surface area contributed by atoms with Crippen LogP contribution in [0.1, 0.15) is 36.8 Å². The molecule has 2 aromatic carbocycles. The van der Waals surface area contributed by atoms with Crippen LogP contribution in [0.5, 0.6) is 0 Å². The Balaban J connectivity index is 1.36. The topological polar surface area (TPSA) is 97.5 Å². The monoisotopic (exact) mass is 435 g/mol. The van der Waals surface area contributed by atoms with Gasteiger partial charge >= 0.3 is 0 Å². The predicted octanol–water partition coefficient (Wildman–Crippen LogP) is 4.32. The van der Waals surface area contributed by atoms with Crippen molar-refractivity contribution < 1.29 is 0 Å². The zero-order chi connectivity index (χ0) is 22.4. The average molecular weight is 436 g/mol. The normalized spacial score (nSPS) is 19.0. The molecule has 0 radical (unpaired) electrons. The summed E-state index contributed by atoms with van der Waals surface area (Å²) in [5.41, 5.74) is 13.4. The SMILES string of the molecule is N#Cc1ccc(-c2cc3n(c2)Cc2cc(NC4CCC(N)CC4)ccc2-n2cnnc2-3)cc1. The van der Waals surface area contributed by atoms with Crippen LogP contribution in [0.3, 0.4) is 0 Å². The van der Waals surface area contributed by atoms with Crippen LogP contribution in [-0.2, 0) is 6.54 Å². The highest BCUT2D eigenvalue weighted by Gasteiger charge is 2.23. The van der Waals surface area contributed by atoms with Crippen molar-refractivity contribution in [2.75, 3.05) is 5.32 Å². The predicted molar refractivity (Wildman–Crippen MR) is 128 cm³/mol. The molecule has 3 heterocycles. The number of nitriles is 1. The maximum atomic E-state index is 9.10. The quantitative estimate of drug-likeness (QED) is 0.440. The fourth-order valence-electron chi connectivity index (χ4n) is 5.03. The highest BCUT2D eigenvalue weighted by Crippen LogP contribution is 2.34. The smallest absolute Gasteiger partial charge is 0.185 e. The van der Waals surface area contributed by atoms with Crippen molar-refractivity contribution in [2.24, 2.45) is 5.73 Å². The van der Waals surface area contributed by atoms with Gasteiger partial charge in [-0.15, -0.1) is 10.2 Å². The van der Waals surface area contributed by atoms with E-state index in [1.165, 1.54) is 5.56 Å². The molecule has 0 bridgehead atoms. The molecule has 1 saturated carbocycles. The lowest BCUT2D eigenvalue weighted by Crippen LogP contribution is -2.32. The molecule has 6 rings (SSSR count). The molecule has 0 unspecified atom stereocenters. The van der Waals surface area contributed by atoms with Gasteiger partial charge in [0.25, 0.3) is 0 Å². The lowest BCUT2D eigenvalue weighted by molar-refractivity contribution is 0.411. The molecule has 7 heteroatoms. The van der Waals surface area contributed by atoms with Gasteiger partial charge in [0.15, 0.2) is 5.82 Å². The first-order chi connectivity index (χ1) is 16.2. The number of nitrogens with one attached hydrogen (secondary N) is 1. The van der Waals surface area contributed by atoms with E-state index in [2.05, 4.69) is 61.2 Å². The van der Waals surface area contributed by atoms with Gasteiger partial charge in [0.05, 0.1) is 23.0 Å². The van der Waals surface area contributed by atoms with E-state index in [0.717, 1.165) is 66.2 Å². The summed E-state index contributed by atoms with van der Waals surface area (Å²) in [7, 11) is 0. The van der Waals surface area contributed by atoms with Gasteiger partial charge in [-0.1, -0.05) is 12.1 Å². The molecule has 0 spiro atoms. The number of aromatic nitrogens is 4. The molecule has 1 fully saturated rings. The first-order valence-corrected chi connectivity index (χ1v) is 11.4. The Morgan fingerprint density at radius 1 is 1.00 bits per heavy atom. The van der Waals surface area contributed by atoms with Gasteiger partial charge < -0.3 is 15.6 Å². The van der Waals surface area contributed by atoms with Crippen LogP contribution < -0.4 is 11.1 Å². The van der Waals surface area contributed by atoms with Crippen LogP contribution in [0.15, 0.2) is 61.1 Å². The number of rotatable bonds is 3. The molecule has 4 aromatic rings. The maximum absolute atomic E-state index is 9.10. The van der Waals surface area contributed by atoms with Gasteiger partial charge in [-0.25, -0.2) is 0 Å². The maximum Gasteiger partial charge on any atom is 0.185 e. The van der Waals surface area contributed by atoms with E-state index in [1.807, 2.05) is 24.3 Å². The van der Waals surface area contributed by atoms with Gasteiger partial charge in [-0.05, 0) is 73.2 Å². The molecular formula is C26H25N7. The molecule has 1 aliphatic heterocycles. The third-order valence-corrected chi connectivity index (χ3v) is 6.84. The van der Waals surface area contributed by atoms with Crippen molar-refractivity contribution in [1.82, 2.24) is 19.3 Å². The second-order valence-electron chi connectivity index (χ2n) is 9.06. The van der Waals surface area contributed by atoms with Crippen LogP contribution in [0.2, 0.25) is 0 Å². The number of hydrogen-bond acceptors (Lipinski definition) is 5. The summed E-state index contributed by atoms with van der Waals surface area (Å²) in [4.78, 5) is 0. The Morgan fingerprint density at radius 3 is 2.61 bits per heavy atom. The molecule has 0 atom stereocenters. The zero-order valence-electron chi connectivity index (χ0n) is 18.3. The Hall–Kier alpha value is -3.89. The van der Waals surface area contributed by atoms with E-state index in [1.54, 1.807) is 6.33 Å². The van der Waals surface area contributed by atoms with E-state index in [-0.39, 0.29) is 0 Å². The summed E-state index contributed by atoms with van der Waals surface area (Å²) < 4.78 is 4.31. The van der Waals surface area contributed by atoms with Crippen LogP contribution in [-0.4, -0.2) is 31.4 Å². The standard InChI is InChI=1S/C26H25N7/c27-13-17-1-3-18(4-2-17)19-12-25-26-31-29-16-33(26)24-10-9-23(11-20(24)15-32(25)14-19)30-22-7-5-21(28)6-8-22/h1-4,9-12,14,16,21-22,30H,5-8,15,28H2. The number of hydrogen-bond donors (Lipinski definition) is 2. The van der Waals surface area contributed by atoms with E-state index in [9.17, 15) is 0 Å². The number of nitrogens with two attached hydrogens (primary N) is 1. The molecule has 7 nitrogen and oxygen atoms in total. The minimum atomic E-state index is 0.347. The summed E-state index contributed by atoms with van der Waals surface area (Å²) in [6.07, 6.45) is 8.34. The van der Waals surface area contributed by atoms with Gasteiger partial charge in [-0.2, -0.15) is 5.26 Å². The summed E-state index contributed by atoms with van der Waals surface area (Å²) in [5, 5.41) is 21.5. The van der Waals surface area contributed by atoms with Crippen molar-refractivity contribution in [2.45, 2.75) is 44.3 Å². The summed E-state index contributed by atoms with van der Waals surface area (Å²) in [6, 6.07) is 19.4. The van der Waals surface area contributed by atoms with Crippen LogP contribution in [0.25, 0.3) is 28.3 Å². The van der Waals surface area contributed by atoms with Crippen molar-refractivity contribution in [3.8, 4) is 34.4 Å². The lowest BCUT2D eigenvalue weighted by atomic mass is 9.91. The van der Waals surface area contributed by atoms with Gasteiger partial charge in [-0.3, -0.25) is 4.57 Å². The summed E-state index contributed by atoms with van der Waals surface area (Å²) in [5.74, 6) is 0.829. The fraction of sp³-hybridized carbons (Fsp3) is 0.269. The molecule has 0 amide bonds. The zero-order valence-corrected chi connectivity index (χ0v) is 18.3. The molecule has 1 aliphatic carbocycles. The average Bonchev–Trinajstić information content (AvgIpc) is 3.46. The third kappa shape index (κ3) is 3.59. The Morgan fingerprint density at radius 2 is 1.82 bits per heavy atom. The molecule has 2 aliphatic rings. The second-order valence-corrected chi connectivity index (χ2v) is 9.06. The van der Waals surface area contributed by atoms with E-state index >= 15 is 0 Å². The van der Waals surface area contributed by atoms with Crippen molar-refractivity contribution in [1.29, 1.82) is 5.26 Å². The van der Waals surface area contributed by atoms with Crippen molar-refractivity contribution in [3.63, 3.8) is 0 Å². The second kappa shape index (κ2) is 7.91. The highest BCUT2D eigenvalue weighted by molar-refractivity contribution is 5.72. The number of benzene rings is 2. The molecule has 164 valence electrons. The van der Waals surface area contributed by atoms with E-state index < -0.39 is 0 Å². The largest absolute Gasteiger partial charge is 0.382 e. The van der Waals surface area contributed by atoms with E-state index in [4.69, 9.17) is 11.0 Å². The fourth-order valence-corrected chi connectivity index (χ4v) is 5.03. The Labute approximate surface area is 192 Å². The number of nitrogens with zero attached hydrogens (tertiary/aromatic N) is 5. The summed E-state index contributed by atoms with van der Waals surface area (Å²) >= 11 is 0. The Bertz CT molecular complexity index is 1350. The van der Waals surface area contributed by atoms with Crippen molar-refractivity contribution in [3.05, 3.63) is 72.2 Å². The lowest BCUT2D eigenvalue weighted by Gasteiger charge is -2.28. The number of fused-ring (bicyclic) bond motifs is 5. The highest BCUT2D eigenvalue weighted by atomic mass is 15.3. The first kappa shape index (κ1) is 19.8. The molecule has 0 saturated heterocycles. The third-order valence-electron chi connectivity index (χ3n) is 6.84. The minimum absolute atomic E-state index is 0.347.